The smallest absolute Gasteiger partial charge is 0.230 e. The molecule has 0 aliphatic heterocycles. The molecular weight excluding hydrogens is 342 g/mol. The van der Waals surface area contributed by atoms with Crippen molar-refractivity contribution in [3.8, 4) is 5.75 Å². The molecule has 1 N–H and O–H groups in total. The Labute approximate surface area is 157 Å². The first-order valence-corrected chi connectivity index (χ1v) is 8.83. The lowest BCUT2D eigenvalue weighted by atomic mass is 9.76. The van der Waals surface area contributed by atoms with Crippen LogP contribution in [0.2, 0.25) is 0 Å². The fourth-order valence-corrected chi connectivity index (χ4v) is 3.44. The van der Waals surface area contributed by atoms with E-state index in [0.29, 0.717) is 23.9 Å². The molecule has 0 atom stereocenters. The van der Waals surface area contributed by atoms with Crippen LogP contribution in [-0.4, -0.2) is 32.8 Å². The SMILES string of the molecule is COc1ccc2c(C)nc(Nc3ncc4c(n3)CC(C)(C)CC4=O)nc2c1. The Kier molecular flexibility index (Phi) is 4.02. The third kappa shape index (κ3) is 3.32. The topological polar surface area (TPSA) is 89.9 Å². The third-order valence-electron chi connectivity index (χ3n) is 4.77. The van der Waals surface area contributed by atoms with Crippen LogP contribution in [0.3, 0.4) is 0 Å². The number of aromatic nitrogens is 4. The normalized spacial score (nSPS) is 15.5. The van der Waals surface area contributed by atoms with Crippen LogP contribution in [0.4, 0.5) is 11.9 Å². The van der Waals surface area contributed by atoms with Crippen molar-refractivity contribution in [1.29, 1.82) is 0 Å². The number of ketones is 1. The van der Waals surface area contributed by atoms with Gasteiger partial charge in [0, 0.05) is 24.1 Å². The van der Waals surface area contributed by atoms with Gasteiger partial charge in [-0.3, -0.25) is 10.1 Å². The number of nitrogens with one attached hydrogen (secondary N) is 1. The maximum absolute atomic E-state index is 12.3. The number of Topliss-reactive ketones (excluding diaryl/α,β-unsaturated/α-hetero) is 1. The Bertz CT molecular complexity index is 1060. The number of hydrogen-bond acceptors (Lipinski definition) is 7. The molecule has 7 nitrogen and oxygen atoms in total. The van der Waals surface area contributed by atoms with E-state index in [1.165, 1.54) is 0 Å². The molecule has 27 heavy (non-hydrogen) atoms. The third-order valence-corrected chi connectivity index (χ3v) is 4.77. The van der Waals surface area contributed by atoms with E-state index >= 15 is 0 Å². The molecule has 7 heteroatoms. The first-order chi connectivity index (χ1) is 12.8. The van der Waals surface area contributed by atoms with E-state index < -0.39 is 0 Å². The minimum atomic E-state index is -0.0949. The summed E-state index contributed by atoms with van der Waals surface area (Å²) in [6, 6.07) is 5.69. The van der Waals surface area contributed by atoms with Crippen molar-refractivity contribution in [2.75, 3.05) is 12.4 Å². The molecule has 0 radical (unpaired) electrons. The minimum Gasteiger partial charge on any atom is -0.497 e. The average molecular weight is 363 g/mol. The minimum absolute atomic E-state index is 0.0949. The highest BCUT2D eigenvalue weighted by atomic mass is 16.5. The van der Waals surface area contributed by atoms with Gasteiger partial charge in [-0.05, 0) is 30.9 Å². The molecule has 2 aromatic heterocycles. The van der Waals surface area contributed by atoms with Crippen LogP contribution in [-0.2, 0) is 6.42 Å². The van der Waals surface area contributed by atoms with E-state index in [9.17, 15) is 4.79 Å². The molecule has 3 aromatic rings. The standard InChI is InChI=1S/C20H21N5O2/c1-11-13-6-5-12(27-4)7-15(13)23-19(22-11)25-18-21-10-14-16(24-18)8-20(2,3)9-17(14)26/h5-7,10H,8-9H2,1-4H3,(H,21,22,23,24,25). The monoisotopic (exact) mass is 363 g/mol. The lowest BCUT2D eigenvalue weighted by Crippen LogP contribution is -2.28. The second-order valence-electron chi connectivity index (χ2n) is 7.64. The largest absolute Gasteiger partial charge is 0.497 e. The maximum Gasteiger partial charge on any atom is 0.230 e. The van der Waals surface area contributed by atoms with Crippen molar-refractivity contribution in [1.82, 2.24) is 19.9 Å². The van der Waals surface area contributed by atoms with Crippen LogP contribution in [0.1, 0.15) is 42.0 Å². The van der Waals surface area contributed by atoms with Crippen molar-refractivity contribution in [2.45, 2.75) is 33.6 Å². The highest BCUT2D eigenvalue weighted by molar-refractivity contribution is 5.98. The summed E-state index contributed by atoms with van der Waals surface area (Å²) in [6.07, 6.45) is 2.85. The number of aryl methyl sites for hydroxylation is 1. The molecule has 1 aliphatic carbocycles. The number of nitrogens with zero attached hydrogens (tertiary/aromatic N) is 4. The molecule has 0 fully saturated rings. The predicted octanol–water partition coefficient (Wildman–Crippen LogP) is 3.64. The number of carbonyl (C=O) groups excluding carboxylic acids is 1. The fraction of sp³-hybridized carbons (Fsp3) is 0.350. The van der Waals surface area contributed by atoms with Crippen LogP contribution in [0.25, 0.3) is 10.9 Å². The summed E-state index contributed by atoms with van der Waals surface area (Å²) in [5.41, 5.74) is 2.91. The van der Waals surface area contributed by atoms with Crippen molar-refractivity contribution in [3.63, 3.8) is 0 Å². The highest BCUT2D eigenvalue weighted by Crippen LogP contribution is 2.34. The van der Waals surface area contributed by atoms with Gasteiger partial charge in [0.15, 0.2) is 5.78 Å². The first kappa shape index (κ1) is 17.3. The van der Waals surface area contributed by atoms with Crippen LogP contribution < -0.4 is 10.1 Å². The van der Waals surface area contributed by atoms with Gasteiger partial charge in [0.1, 0.15) is 5.75 Å². The number of ether oxygens (including phenoxy) is 1. The highest BCUT2D eigenvalue weighted by Gasteiger charge is 2.32. The molecule has 0 saturated heterocycles. The molecule has 1 aliphatic rings. The number of rotatable bonds is 3. The molecule has 1 aromatic carbocycles. The summed E-state index contributed by atoms with van der Waals surface area (Å²) in [5.74, 6) is 1.63. The van der Waals surface area contributed by atoms with E-state index in [-0.39, 0.29) is 11.2 Å². The zero-order valence-electron chi connectivity index (χ0n) is 15.8. The van der Waals surface area contributed by atoms with Gasteiger partial charge in [-0.25, -0.2) is 19.9 Å². The Hall–Kier alpha value is -3.09. The van der Waals surface area contributed by atoms with Crippen LogP contribution in [0.5, 0.6) is 5.75 Å². The molecule has 0 unspecified atom stereocenters. The Balaban J connectivity index is 1.69. The van der Waals surface area contributed by atoms with Gasteiger partial charge in [0.2, 0.25) is 11.9 Å². The summed E-state index contributed by atoms with van der Waals surface area (Å²) in [7, 11) is 1.62. The van der Waals surface area contributed by atoms with E-state index in [2.05, 4.69) is 39.1 Å². The zero-order valence-corrected chi connectivity index (χ0v) is 15.8. The molecule has 0 amide bonds. The molecule has 0 saturated carbocycles. The zero-order chi connectivity index (χ0) is 19.2. The lowest BCUT2D eigenvalue weighted by Gasteiger charge is -2.29. The lowest BCUT2D eigenvalue weighted by molar-refractivity contribution is 0.0910. The summed E-state index contributed by atoms with van der Waals surface area (Å²) in [6.45, 7) is 6.08. The quantitative estimate of drug-likeness (QED) is 0.760. The van der Waals surface area contributed by atoms with Crippen molar-refractivity contribution >= 4 is 28.6 Å². The number of hydrogen-bond donors (Lipinski definition) is 1. The number of anilines is 2. The van der Waals surface area contributed by atoms with E-state index in [4.69, 9.17) is 4.74 Å². The summed E-state index contributed by atoms with van der Waals surface area (Å²) in [5, 5.41) is 4.03. The van der Waals surface area contributed by atoms with E-state index in [1.807, 2.05) is 25.1 Å². The van der Waals surface area contributed by atoms with Crippen molar-refractivity contribution in [3.05, 3.63) is 41.3 Å². The van der Waals surface area contributed by atoms with Gasteiger partial charge in [0.05, 0.1) is 29.6 Å². The van der Waals surface area contributed by atoms with Gasteiger partial charge in [-0.15, -0.1) is 0 Å². The van der Waals surface area contributed by atoms with E-state index in [1.54, 1.807) is 13.3 Å². The Morgan fingerprint density at radius 1 is 1.11 bits per heavy atom. The molecule has 2 heterocycles. The van der Waals surface area contributed by atoms with Crippen molar-refractivity contribution < 1.29 is 9.53 Å². The number of carbonyl (C=O) groups is 1. The number of methoxy groups -OCH3 is 1. The van der Waals surface area contributed by atoms with Gasteiger partial charge in [-0.1, -0.05) is 13.8 Å². The second-order valence-corrected chi connectivity index (χ2v) is 7.64. The predicted molar refractivity (Wildman–Crippen MR) is 103 cm³/mol. The number of benzene rings is 1. The number of fused-ring (bicyclic) bond motifs is 2. The summed E-state index contributed by atoms with van der Waals surface area (Å²) >= 11 is 0. The molecule has 4 rings (SSSR count). The Morgan fingerprint density at radius 3 is 2.70 bits per heavy atom. The molecule has 0 spiro atoms. The summed E-state index contributed by atoms with van der Waals surface area (Å²) < 4.78 is 5.27. The molecular formula is C20H21N5O2. The average Bonchev–Trinajstić information content (AvgIpc) is 2.59. The van der Waals surface area contributed by atoms with Gasteiger partial charge in [0.25, 0.3) is 0 Å². The molecule has 0 bridgehead atoms. The second kappa shape index (κ2) is 6.26. The Morgan fingerprint density at radius 2 is 1.93 bits per heavy atom. The van der Waals surface area contributed by atoms with Crippen LogP contribution in [0, 0.1) is 12.3 Å². The van der Waals surface area contributed by atoms with Crippen molar-refractivity contribution in [2.24, 2.45) is 5.41 Å². The van der Waals surface area contributed by atoms with Crippen LogP contribution in [0.15, 0.2) is 24.4 Å². The first-order valence-electron chi connectivity index (χ1n) is 8.83. The maximum atomic E-state index is 12.3. The molecule has 138 valence electrons. The fourth-order valence-electron chi connectivity index (χ4n) is 3.44. The summed E-state index contributed by atoms with van der Waals surface area (Å²) in [4.78, 5) is 30.2. The van der Waals surface area contributed by atoms with Gasteiger partial charge < -0.3 is 4.74 Å². The van der Waals surface area contributed by atoms with Crippen LogP contribution >= 0.6 is 0 Å². The van der Waals surface area contributed by atoms with Gasteiger partial charge >= 0.3 is 0 Å². The van der Waals surface area contributed by atoms with Gasteiger partial charge in [-0.2, -0.15) is 0 Å². The van der Waals surface area contributed by atoms with E-state index in [0.717, 1.165) is 34.5 Å².